The van der Waals surface area contributed by atoms with Gasteiger partial charge in [0.15, 0.2) is 5.65 Å². The molecule has 0 amide bonds. The molecule has 4 heterocycles. The summed E-state index contributed by atoms with van der Waals surface area (Å²) in [5, 5.41) is 8.70. The molecule has 0 saturated carbocycles. The fraction of sp³-hybridized carbons (Fsp3) is 0.700. The van der Waals surface area contributed by atoms with Crippen molar-refractivity contribution in [2.75, 3.05) is 37.7 Å². The predicted octanol–water partition coefficient (Wildman–Crippen LogP) is 2.65. The second kappa shape index (κ2) is 7.16. The summed E-state index contributed by atoms with van der Waals surface area (Å²) < 4.78 is 7.75. The molecule has 1 unspecified atom stereocenters. The highest BCUT2D eigenvalue weighted by Crippen LogP contribution is 2.32. The molecule has 1 atom stereocenters. The first-order valence-corrected chi connectivity index (χ1v) is 10.4. The highest BCUT2D eigenvalue weighted by molar-refractivity contribution is 5.58. The molecule has 3 aliphatic rings. The molecule has 6 nitrogen and oxygen atoms in total. The second-order valence-corrected chi connectivity index (χ2v) is 7.86. The van der Waals surface area contributed by atoms with E-state index in [-0.39, 0.29) is 0 Å². The van der Waals surface area contributed by atoms with Gasteiger partial charge in [-0.15, -0.1) is 0 Å². The van der Waals surface area contributed by atoms with Gasteiger partial charge in [-0.1, -0.05) is 12.8 Å². The van der Waals surface area contributed by atoms with Gasteiger partial charge in [-0.2, -0.15) is 9.61 Å². The molecule has 5 rings (SSSR count). The smallest absolute Gasteiger partial charge is 0.157 e. The molecule has 0 spiro atoms. The van der Waals surface area contributed by atoms with E-state index in [1.807, 2.05) is 0 Å². The number of rotatable bonds is 2. The average Bonchev–Trinajstić information content (AvgIpc) is 2.98. The molecule has 2 aromatic heterocycles. The van der Waals surface area contributed by atoms with Crippen molar-refractivity contribution in [1.82, 2.24) is 19.9 Å². The van der Waals surface area contributed by atoms with E-state index in [4.69, 9.17) is 14.8 Å². The van der Waals surface area contributed by atoms with Crippen LogP contribution in [-0.4, -0.2) is 47.4 Å². The lowest BCUT2D eigenvalue weighted by atomic mass is 10.0. The highest BCUT2D eigenvalue weighted by atomic mass is 16.5. The van der Waals surface area contributed by atoms with E-state index in [1.165, 1.54) is 55.6 Å². The fourth-order valence-corrected chi connectivity index (χ4v) is 4.70. The number of anilines is 1. The number of fused-ring (bicyclic) bond motifs is 2. The Morgan fingerprint density at radius 3 is 2.77 bits per heavy atom. The molecule has 2 fully saturated rings. The van der Waals surface area contributed by atoms with E-state index in [1.54, 1.807) is 0 Å². The lowest BCUT2D eigenvalue weighted by Gasteiger charge is -2.31. The Balaban J connectivity index is 1.63. The Kier molecular flexibility index (Phi) is 4.55. The van der Waals surface area contributed by atoms with Crippen LogP contribution in [0.5, 0.6) is 0 Å². The van der Waals surface area contributed by atoms with Crippen molar-refractivity contribution in [2.45, 2.75) is 57.4 Å². The summed E-state index contributed by atoms with van der Waals surface area (Å²) >= 11 is 0. The quantitative estimate of drug-likeness (QED) is 0.840. The number of hydrogen-bond donors (Lipinski definition) is 1. The number of hydrogen-bond acceptors (Lipinski definition) is 5. The normalized spacial score (nSPS) is 24.5. The minimum absolute atomic E-state index is 0.378. The van der Waals surface area contributed by atoms with Crippen molar-refractivity contribution in [3.05, 3.63) is 23.0 Å². The molecular formula is C20H29N5O. The highest BCUT2D eigenvalue weighted by Gasteiger charge is 2.26. The minimum Gasteiger partial charge on any atom is -0.378 e. The van der Waals surface area contributed by atoms with E-state index in [0.717, 1.165) is 57.0 Å². The van der Waals surface area contributed by atoms with Gasteiger partial charge in [-0.05, 0) is 45.1 Å². The topological polar surface area (TPSA) is 54.7 Å². The lowest BCUT2D eigenvalue weighted by Crippen LogP contribution is -2.38. The summed E-state index contributed by atoms with van der Waals surface area (Å²) in [6, 6.07) is 2.60. The summed E-state index contributed by atoms with van der Waals surface area (Å²) in [6.45, 7) is 4.59. The predicted molar refractivity (Wildman–Crippen MR) is 102 cm³/mol. The third kappa shape index (κ3) is 2.99. The third-order valence-electron chi connectivity index (χ3n) is 6.10. The Morgan fingerprint density at radius 2 is 1.92 bits per heavy atom. The zero-order valence-corrected chi connectivity index (χ0v) is 15.5. The van der Waals surface area contributed by atoms with E-state index < -0.39 is 0 Å². The van der Waals surface area contributed by atoms with Gasteiger partial charge in [-0.25, -0.2) is 4.98 Å². The molecule has 0 aromatic carbocycles. The Labute approximate surface area is 154 Å². The van der Waals surface area contributed by atoms with Gasteiger partial charge in [-0.3, -0.25) is 0 Å². The van der Waals surface area contributed by atoms with E-state index in [0.29, 0.717) is 6.04 Å². The van der Waals surface area contributed by atoms with Gasteiger partial charge in [0, 0.05) is 30.4 Å². The summed E-state index contributed by atoms with van der Waals surface area (Å²) in [7, 11) is 0. The van der Waals surface area contributed by atoms with Gasteiger partial charge < -0.3 is 15.0 Å². The summed E-state index contributed by atoms with van der Waals surface area (Å²) in [6.07, 6.45) is 9.78. The minimum atomic E-state index is 0.378. The molecule has 1 N–H and O–H groups in total. The zero-order valence-electron chi connectivity index (χ0n) is 15.5. The van der Waals surface area contributed by atoms with Crippen LogP contribution in [0.1, 0.15) is 61.5 Å². The van der Waals surface area contributed by atoms with Crippen LogP contribution in [0.4, 0.5) is 5.82 Å². The molecule has 2 aliphatic heterocycles. The Morgan fingerprint density at radius 1 is 1.04 bits per heavy atom. The average molecular weight is 355 g/mol. The van der Waals surface area contributed by atoms with Crippen molar-refractivity contribution in [3.63, 3.8) is 0 Å². The summed E-state index contributed by atoms with van der Waals surface area (Å²) in [4.78, 5) is 7.54. The van der Waals surface area contributed by atoms with Crippen LogP contribution in [-0.2, 0) is 17.6 Å². The lowest BCUT2D eigenvalue weighted by molar-refractivity contribution is 0.122. The maximum Gasteiger partial charge on any atom is 0.157 e. The Bertz CT molecular complexity index is 774. The number of nitrogens with one attached hydrogen (secondary N) is 1. The summed E-state index contributed by atoms with van der Waals surface area (Å²) in [5.74, 6) is 1.29. The van der Waals surface area contributed by atoms with Crippen molar-refractivity contribution in [3.8, 4) is 0 Å². The van der Waals surface area contributed by atoms with Crippen LogP contribution in [0.3, 0.4) is 0 Å². The molecule has 140 valence electrons. The van der Waals surface area contributed by atoms with Crippen molar-refractivity contribution >= 4 is 11.5 Å². The maximum absolute atomic E-state index is 5.61. The van der Waals surface area contributed by atoms with Crippen LogP contribution >= 0.6 is 0 Å². The van der Waals surface area contributed by atoms with E-state index in [2.05, 4.69) is 20.8 Å². The number of piperidine rings is 1. The largest absolute Gasteiger partial charge is 0.378 e. The molecule has 26 heavy (non-hydrogen) atoms. The van der Waals surface area contributed by atoms with Gasteiger partial charge in [0.25, 0.3) is 0 Å². The van der Waals surface area contributed by atoms with Crippen LogP contribution in [0, 0.1) is 0 Å². The van der Waals surface area contributed by atoms with E-state index in [9.17, 15) is 0 Å². The monoisotopic (exact) mass is 355 g/mol. The number of aryl methyl sites for hydroxylation is 1. The van der Waals surface area contributed by atoms with Gasteiger partial charge in [0.1, 0.15) is 5.82 Å². The van der Waals surface area contributed by atoms with Crippen molar-refractivity contribution in [1.29, 1.82) is 0 Å². The molecule has 6 heteroatoms. The number of morpholine rings is 1. The van der Waals surface area contributed by atoms with E-state index >= 15 is 0 Å². The number of ether oxygens (including phenoxy) is 1. The molecule has 0 radical (unpaired) electrons. The van der Waals surface area contributed by atoms with Crippen LogP contribution in [0.25, 0.3) is 5.65 Å². The van der Waals surface area contributed by atoms with Crippen molar-refractivity contribution in [2.24, 2.45) is 0 Å². The molecule has 2 aromatic rings. The Hall–Kier alpha value is -1.66. The fourth-order valence-electron chi connectivity index (χ4n) is 4.70. The molecule has 2 saturated heterocycles. The van der Waals surface area contributed by atoms with Gasteiger partial charge in [0.2, 0.25) is 0 Å². The maximum atomic E-state index is 5.61. The van der Waals surface area contributed by atoms with Crippen LogP contribution < -0.4 is 10.2 Å². The van der Waals surface area contributed by atoms with Crippen molar-refractivity contribution < 1.29 is 4.74 Å². The van der Waals surface area contributed by atoms with Gasteiger partial charge >= 0.3 is 0 Å². The third-order valence-corrected chi connectivity index (χ3v) is 6.10. The number of nitrogens with zero attached hydrogens (tertiary/aromatic N) is 4. The zero-order chi connectivity index (χ0) is 17.3. The second-order valence-electron chi connectivity index (χ2n) is 7.86. The van der Waals surface area contributed by atoms with Crippen LogP contribution in [0.2, 0.25) is 0 Å². The van der Waals surface area contributed by atoms with Gasteiger partial charge in [0.05, 0.1) is 24.9 Å². The standard InChI is InChI=1S/C20H29N5O/c1-2-6-15-16(7-3-1)22-19-14-18(17-8-4-5-9-21-17)23-25(19)20(15)24-10-12-26-13-11-24/h14,17,21H,1-13H2. The number of aromatic nitrogens is 3. The summed E-state index contributed by atoms with van der Waals surface area (Å²) in [5.41, 5.74) is 4.92. The molecule has 1 aliphatic carbocycles. The molecule has 0 bridgehead atoms. The first-order valence-electron chi connectivity index (χ1n) is 10.4. The first kappa shape index (κ1) is 16.5. The molecular weight excluding hydrogens is 326 g/mol. The first-order chi connectivity index (χ1) is 12.9. The van der Waals surface area contributed by atoms with Crippen LogP contribution in [0.15, 0.2) is 6.07 Å². The SMILES string of the molecule is c1c(C2CCCCN2)nn2c(N3CCOCC3)c3c(nc12)CCCCC3.